The zero-order valence-corrected chi connectivity index (χ0v) is 12.7. The molecule has 0 radical (unpaired) electrons. The second kappa shape index (κ2) is 8.18. The van der Waals surface area contributed by atoms with Gasteiger partial charge in [-0.25, -0.2) is 0 Å². The van der Waals surface area contributed by atoms with Crippen LogP contribution >= 0.6 is 0 Å². The summed E-state index contributed by atoms with van der Waals surface area (Å²) in [6.45, 7) is 11.6. The Kier molecular flexibility index (Phi) is 6.89. The number of nitrogens with zero attached hydrogens (tertiary/aromatic N) is 1. The van der Waals surface area contributed by atoms with Crippen molar-refractivity contribution in [2.75, 3.05) is 24.6 Å². The maximum absolute atomic E-state index is 9.01. The smallest absolute Gasteiger partial charge is 0.0447 e. The normalized spacial score (nSPS) is 11.1. The van der Waals surface area contributed by atoms with Crippen LogP contribution in [0.25, 0.3) is 0 Å². The summed E-state index contributed by atoms with van der Waals surface area (Å²) < 4.78 is 0. The first-order valence-electron chi connectivity index (χ1n) is 7.27. The number of aliphatic hydroxyl groups excluding tert-OH is 1. The van der Waals surface area contributed by atoms with Gasteiger partial charge in [-0.15, -0.1) is 0 Å². The van der Waals surface area contributed by atoms with Crippen molar-refractivity contribution in [3.05, 3.63) is 29.3 Å². The lowest BCUT2D eigenvalue weighted by Gasteiger charge is -2.26. The number of hydrogen-bond donors (Lipinski definition) is 2. The average molecular weight is 264 g/mol. The van der Waals surface area contributed by atoms with Gasteiger partial charge in [-0.3, -0.25) is 0 Å². The lowest BCUT2D eigenvalue weighted by Crippen LogP contribution is -2.28. The van der Waals surface area contributed by atoms with E-state index in [9.17, 15) is 0 Å². The highest BCUT2D eigenvalue weighted by Gasteiger charge is 2.10. The van der Waals surface area contributed by atoms with Crippen molar-refractivity contribution in [2.24, 2.45) is 0 Å². The van der Waals surface area contributed by atoms with Gasteiger partial charge in [0, 0.05) is 38.0 Å². The topological polar surface area (TPSA) is 35.5 Å². The SMILES string of the molecule is CCN(CCCO)c1ccc(C)cc1CNC(C)C. The van der Waals surface area contributed by atoms with Crippen LogP contribution in [-0.2, 0) is 6.54 Å². The minimum absolute atomic E-state index is 0.252. The third-order valence-electron chi connectivity index (χ3n) is 3.24. The summed E-state index contributed by atoms with van der Waals surface area (Å²) in [5.41, 5.74) is 3.92. The second-order valence-electron chi connectivity index (χ2n) is 5.32. The van der Waals surface area contributed by atoms with Crippen molar-refractivity contribution in [3.8, 4) is 0 Å². The van der Waals surface area contributed by atoms with Crippen molar-refractivity contribution in [3.63, 3.8) is 0 Å². The molecule has 0 aliphatic carbocycles. The van der Waals surface area contributed by atoms with Crippen molar-refractivity contribution in [1.29, 1.82) is 0 Å². The van der Waals surface area contributed by atoms with Gasteiger partial charge in [0.2, 0.25) is 0 Å². The molecule has 0 heterocycles. The van der Waals surface area contributed by atoms with E-state index in [4.69, 9.17) is 5.11 Å². The molecule has 0 fully saturated rings. The van der Waals surface area contributed by atoms with Gasteiger partial charge in [0.05, 0.1) is 0 Å². The number of aryl methyl sites for hydroxylation is 1. The molecular weight excluding hydrogens is 236 g/mol. The summed E-state index contributed by atoms with van der Waals surface area (Å²) in [6.07, 6.45) is 0.818. The van der Waals surface area contributed by atoms with Gasteiger partial charge in [0.1, 0.15) is 0 Å². The first kappa shape index (κ1) is 16.0. The van der Waals surface area contributed by atoms with Crippen LogP contribution in [0.15, 0.2) is 18.2 Å². The molecule has 1 rings (SSSR count). The number of rotatable bonds is 8. The van der Waals surface area contributed by atoms with Gasteiger partial charge < -0.3 is 15.3 Å². The van der Waals surface area contributed by atoms with Crippen LogP contribution in [0, 0.1) is 6.92 Å². The average Bonchev–Trinajstić information content (AvgIpc) is 2.38. The van der Waals surface area contributed by atoms with Gasteiger partial charge >= 0.3 is 0 Å². The molecule has 3 heteroatoms. The Hall–Kier alpha value is -1.06. The summed E-state index contributed by atoms with van der Waals surface area (Å²) in [5.74, 6) is 0. The summed E-state index contributed by atoms with van der Waals surface area (Å²) in [6, 6.07) is 7.11. The zero-order valence-electron chi connectivity index (χ0n) is 12.7. The molecule has 0 spiro atoms. The number of hydrogen-bond acceptors (Lipinski definition) is 3. The number of nitrogens with one attached hydrogen (secondary N) is 1. The third kappa shape index (κ3) is 5.21. The van der Waals surface area contributed by atoms with Gasteiger partial charge in [0.15, 0.2) is 0 Å². The Bertz CT molecular complexity index is 377. The van der Waals surface area contributed by atoms with Crippen molar-refractivity contribution in [2.45, 2.75) is 46.7 Å². The van der Waals surface area contributed by atoms with E-state index in [-0.39, 0.29) is 6.61 Å². The van der Waals surface area contributed by atoms with E-state index in [1.165, 1.54) is 16.8 Å². The van der Waals surface area contributed by atoms with Crippen LogP contribution in [0.2, 0.25) is 0 Å². The molecule has 0 saturated heterocycles. The van der Waals surface area contributed by atoms with Crippen molar-refractivity contribution >= 4 is 5.69 Å². The van der Waals surface area contributed by atoms with E-state index in [1.807, 2.05) is 0 Å². The van der Waals surface area contributed by atoms with E-state index in [0.29, 0.717) is 6.04 Å². The largest absolute Gasteiger partial charge is 0.396 e. The molecule has 108 valence electrons. The summed E-state index contributed by atoms with van der Waals surface area (Å²) in [4.78, 5) is 2.34. The van der Waals surface area contributed by atoms with E-state index in [0.717, 1.165) is 26.1 Å². The lowest BCUT2D eigenvalue weighted by molar-refractivity contribution is 0.289. The van der Waals surface area contributed by atoms with Crippen molar-refractivity contribution < 1.29 is 5.11 Å². The molecule has 3 nitrogen and oxygen atoms in total. The molecule has 0 aliphatic rings. The third-order valence-corrected chi connectivity index (χ3v) is 3.24. The van der Waals surface area contributed by atoms with E-state index in [1.54, 1.807) is 0 Å². The fourth-order valence-corrected chi connectivity index (χ4v) is 2.19. The Morgan fingerprint density at radius 2 is 2.05 bits per heavy atom. The number of aliphatic hydroxyl groups is 1. The van der Waals surface area contributed by atoms with Crippen molar-refractivity contribution in [1.82, 2.24) is 5.32 Å². The van der Waals surface area contributed by atoms with Crippen LogP contribution in [0.4, 0.5) is 5.69 Å². The number of anilines is 1. The predicted octanol–water partition coefficient (Wildman–Crippen LogP) is 2.70. The molecule has 1 aromatic rings. The highest BCUT2D eigenvalue weighted by Crippen LogP contribution is 2.22. The summed E-state index contributed by atoms with van der Waals surface area (Å²) in [7, 11) is 0. The molecule has 0 aromatic heterocycles. The number of benzene rings is 1. The lowest BCUT2D eigenvalue weighted by atomic mass is 10.1. The molecule has 0 amide bonds. The first-order valence-corrected chi connectivity index (χ1v) is 7.27. The quantitative estimate of drug-likeness (QED) is 0.758. The monoisotopic (exact) mass is 264 g/mol. The van der Waals surface area contributed by atoms with Crippen LogP contribution in [-0.4, -0.2) is 30.8 Å². The van der Waals surface area contributed by atoms with Gasteiger partial charge in [-0.05, 0) is 31.9 Å². The van der Waals surface area contributed by atoms with Crippen LogP contribution in [0.1, 0.15) is 38.3 Å². The van der Waals surface area contributed by atoms with Crippen LogP contribution in [0.3, 0.4) is 0 Å². The van der Waals surface area contributed by atoms with Crippen LogP contribution in [0.5, 0.6) is 0 Å². The molecular formula is C16H28N2O. The predicted molar refractivity (Wildman–Crippen MR) is 82.7 cm³/mol. The Balaban J connectivity index is 2.89. The van der Waals surface area contributed by atoms with E-state index >= 15 is 0 Å². The summed E-state index contributed by atoms with van der Waals surface area (Å²) >= 11 is 0. The Morgan fingerprint density at radius 3 is 2.63 bits per heavy atom. The van der Waals surface area contributed by atoms with Gasteiger partial charge in [0.25, 0.3) is 0 Å². The van der Waals surface area contributed by atoms with E-state index in [2.05, 4.69) is 56.1 Å². The van der Waals surface area contributed by atoms with Gasteiger partial charge in [-0.1, -0.05) is 31.5 Å². The molecule has 19 heavy (non-hydrogen) atoms. The second-order valence-corrected chi connectivity index (χ2v) is 5.32. The molecule has 0 saturated carbocycles. The molecule has 1 aromatic carbocycles. The highest BCUT2D eigenvalue weighted by atomic mass is 16.3. The molecule has 0 bridgehead atoms. The minimum atomic E-state index is 0.252. The minimum Gasteiger partial charge on any atom is -0.396 e. The standard InChI is InChI=1S/C16H28N2O/c1-5-18(9-6-10-19)16-8-7-14(4)11-15(16)12-17-13(2)3/h7-8,11,13,17,19H,5-6,9-10,12H2,1-4H3. The first-order chi connectivity index (χ1) is 9.08. The zero-order chi connectivity index (χ0) is 14.3. The maximum atomic E-state index is 9.01. The molecule has 2 N–H and O–H groups in total. The van der Waals surface area contributed by atoms with E-state index < -0.39 is 0 Å². The summed E-state index contributed by atoms with van der Waals surface area (Å²) in [5, 5.41) is 12.5. The van der Waals surface area contributed by atoms with Gasteiger partial charge in [-0.2, -0.15) is 0 Å². The maximum Gasteiger partial charge on any atom is 0.0447 e. The Morgan fingerprint density at radius 1 is 1.32 bits per heavy atom. The molecule has 0 atom stereocenters. The highest BCUT2D eigenvalue weighted by molar-refractivity contribution is 5.55. The van der Waals surface area contributed by atoms with Crippen LogP contribution < -0.4 is 10.2 Å². The fourth-order valence-electron chi connectivity index (χ4n) is 2.19. The Labute approximate surface area is 117 Å². The molecule has 0 aliphatic heterocycles. The molecule has 0 unspecified atom stereocenters. The fraction of sp³-hybridized carbons (Fsp3) is 0.625.